The fraction of sp³-hybridized carbons (Fsp3) is 0.312. The predicted octanol–water partition coefficient (Wildman–Crippen LogP) is 2.33. The predicted molar refractivity (Wildman–Crippen MR) is 95.6 cm³/mol. The number of hydrogen-bond donors (Lipinski definition) is 2. The summed E-state index contributed by atoms with van der Waals surface area (Å²) in [6.45, 7) is 3.11. The first-order valence-corrected chi connectivity index (χ1v) is 9.94. The third kappa shape index (κ3) is 5.07. The van der Waals surface area contributed by atoms with Crippen molar-refractivity contribution in [1.82, 2.24) is 10.6 Å². The molecule has 0 saturated heterocycles. The zero-order valence-electron chi connectivity index (χ0n) is 13.5. The van der Waals surface area contributed by atoms with Crippen molar-refractivity contribution in [2.75, 3.05) is 13.3 Å². The first kappa shape index (κ1) is 17.5. The number of benzene rings is 1. The number of hydrogen-bond acceptors (Lipinski definition) is 4. The van der Waals surface area contributed by atoms with Crippen molar-refractivity contribution in [3.05, 3.63) is 51.7 Å². The smallest absolute Gasteiger partial charge is 0.191 e. The van der Waals surface area contributed by atoms with Gasteiger partial charge in [0.25, 0.3) is 0 Å². The summed E-state index contributed by atoms with van der Waals surface area (Å²) in [6.07, 6.45) is 1.23. The lowest BCUT2D eigenvalue weighted by atomic mass is 10.1. The van der Waals surface area contributed by atoms with E-state index in [9.17, 15) is 8.42 Å². The van der Waals surface area contributed by atoms with Gasteiger partial charge >= 0.3 is 0 Å². The van der Waals surface area contributed by atoms with Gasteiger partial charge in [-0.3, -0.25) is 4.99 Å². The van der Waals surface area contributed by atoms with E-state index in [2.05, 4.69) is 21.7 Å². The van der Waals surface area contributed by atoms with E-state index in [0.717, 1.165) is 17.7 Å². The quantitative estimate of drug-likeness (QED) is 0.641. The highest BCUT2D eigenvalue weighted by Gasteiger charge is 2.10. The van der Waals surface area contributed by atoms with Crippen molar-refractivity contribution >= 4 is 27.1 Å². The highest BCUT2D eigenvalue weighted by Crippen LogP contribution is 2.16. The summed E-state index contributed by atoms with van der Waals surface area (Å²) in [6, 6.07) is 9.45. The molecule has 0 unspecified atom stereocenters. The molecule has 0 aliphatic carbocycles. The van der Waals surface area contributed by atoms with Crippen LogP contribution in [0.3, 0.4) is 0 Å². The Kier molecular flexibility index (Phi) is 5.79. The molecule has 7 heteroatoms. The van der Waals surface area contributed by atoms with Gasteiger partial charge < -0.3 is 10.6 Å². The van der Waals surface area contributed by atoms with Gasteiger partial charge in [0, 0.05) is 24.7 Å². The summed E-state index contributed by atoms with van der Waals surface area (Å²) >= 11 is 1.69. The lowest BCUT2D eigenvalue weighted by Crippen LogP contribution is -2.36. The molecule has 124 valence electrons. The normalized spacial score (nSPS) is 12.2. The molecule has 0 spiro atoms. The molecule has 1 aromatic heterocycles. The molecule has 0 bridgehead atoms. The summed E-state index contributed by atoms with van der Waals surface area (Å²) in [5, 5.41) is 8.51. The molecule has 0 radical (unpaired) electrons. The molecule has 0 amide bonds. The maximum atomic E-state index is 11.6. The summed E-state index contributed by atoms with van der Waals surface area (Å²) in [7, 11) is -1.45. The van der Waals surface area contributed by atoms with Crippen LogP contribution in [0.4, 0.5) is 0 Å². The van der Waals surface area contributed by atoms with E-state index >= 15 is 0 Å². The number of sulfone groups is 1. The Hall–Kier alpha value is -1.86. The number of nitrogens with one attached hydrogen (secondary N) is 2. The zero-order valence-corrected chi connectivity index (χ0v) is 15.1. The molecule has 0 atom stereocenters. The van der Waals surface area contributed by atoms with Gasteiger partial charge in [-0.05, 0) is 35.6 Å². The number of aryl methyl sites for hydroxylation is 1. The van der Waals surface area contributed by atoms with Crippen LogP contribution in [-0.2, 0) is 22.9 Å². The van der Waals surface area contributed by atoms with Gasteiger partial charge in [-0.25, -0.2) is 8.42 Å². The average Bonchev–Trinajstić information content (AvgIpc) is 2.99. The average molecular weight is 351 g/mol. The molecular weight excluding hydrogens is 330 g/mol. The molecular formula is C16H21N3O2S2. The van der Waals surface area contributed by atoms with Gasteiger partial charge in [0.1, 0.15) is 0 Å². The number of nitrogens with zero attached hydrogens (tertiary/aromatic N) is 1. The second kappa shape index (κ2) is 7.61. The van der Waals surface area contributed by atoms with Crippen LogP contribution in [0.1, 0.15) is 16.0 Å². The Morgan fingerprint density at radius 2 is 1.96 bits per heavy atom. The first-order chi connectivity index (χ1) is 10.9. The first-order valence-electron chi connectivity index (χ1n) is 7.16. The minimum absolute atomic E-state index is 0.376. The SMILES string of the molecule is CN=C(NCc1ccc(S(C)(=O)=O)c(C)c1)NCc1cccs1. The van der Waals surface area contributed by atoms with Crippen LogP contribution in [0.5, 0.6) is 0 Å². The van der Waals surface area contributed by atoms with E-state index < -0.39 is 9.84 Å². The highest BCUT2D eigenvalue weighted by molar-refractivity contribution is 7.90. The lowest BCUT2D eigenvalue weighted by Gasteiger charge is -2.12. The molecule has 0 aliphatic heterocycles. The van der Waals surface area contributed by atoms with Crippen LogP contribution in [0.2, 0.25) is 0 Å². The molecule has 2 rings (SSSR count). The molecule has 0 saturated carbocycles. The number of rotatable bonds is 5. The van der Waals surface area contributed by atoms with Gasteiger partial charge in [-0.1, -0.05) is 18.2 Å². The highest BCUT2D eigenvalue weighted by atomic mass is 32.2. The van der Waals surface area contributed by atoms with Crippen LogP contribution in [-0.4, -0.2) is 27.7 Å². The van der Waals surface area contributed by atoms with E-state index in [-0.39, 0.29) is 0 Å². The number of aliphatic imine (C=N–C) groups is 1. The van der Waals surface area contributed by atoms with Crippen molar-refractivity contribution < 1.29 is 8.42 Å². The largest absolute Gasteiger partial charge is 0.352 e. The second-order valence-electron chi connectivity index (χ2n) is 5.23. The third-order valence-electron chi connectivity index (χ3n) is 3.33. The maximum absolute atomic E-state index is 11.6. The topological polar surface area (TPSA) is 70.6 Å². The standard InChI is InChI=1S/C16H21N3O2S2/c1-12-9-13(6-7-15(12)23(3,20)21)10-18-16(17-2)19-11-14-5-4-8-22-14/h4-9H,10-11H2,1-3H3,(H2,17,18,19). The summed E-state index contributed by atoms with van der Waals surface area (Å²) in [4.78, 5) is 5.80. The van der Waals surface area contributed by atoms with Gasteiger partial charge in [0.15, 0.2) is 15.8 Å². The van der Waals surface area contributed by atoms with Crippen molar-refractivity contribution in [1.29, 1.82) is 0 Å². The summed E-state index contributed by atoms with van der Waals surface area (Å²) < 4.78 is 23.3. The van der Waals surface area contributed by atoms with Gasteiger partial charge in [-0.15, -0.1) is 11.3 Å². The van der Waals surface area contributed by atoms with Gasteiger partial charge in [0.2, 0.25) is 0 Å². The zero-order chi connectivity index (χ0) is 16.9. The van der Waals surface area contributed by atoms with Crippen molar-refractivity contribution in [2.45, 2.75) is 24.9 Å². The number of guanidine groups is 1. The summed E-state index contributed by atoms with van der Waals surface area (Å²) in [5.74, 6) is 0.711. The second-order valence-corrected chi connectivity index (χ2v) is 8.25. The van der Waals surface area contributed by atoms with Crippen LogP contribution < -0.4 is 10.6 Å². The van der Waals surface area contributed by atoms with Crippen molar-refractivity contribution in [2.24, 2.45) is 4.99 Å². The minimum Gasteiger partial charge on any atom is -0.352 e. The van der Waals surface area contributed by atoms with Crippen molar-refractivity contribution in [3.63, 3.8) is 0 Å². The van der Waals surface area contributed by atoms with Gasteiger partial charge in [0.05, 0.1) is 11.4 Å². The van der Waals surface area contributed by atoms with Crippen LogP contribution in [0.25, 0.3) is 0 Å². The summed E-state index contributed by atoms with van der Waals surface area (Å²) in [5.41, 5.74) is 1.77. The Labute approximate surface area is 141 Å². The van der Waals surface area contributed by atoms with E-state index in [4.69, 9.17) is 0 Å². The Morgan fingerprint density at radius 1 is 1.22 bits per heavy atom. The molecule has 0 aliphatic rings. The Bertz CT molecular complexity index is 782. The van der Waals surface area contributed by atoms with Crippen molar-refractivity contribution in [3.8, 4) is 0 Å². The molecule has 2 N–H and O–H groups in total. The Balaban J connectivity index is 1.95. The molecule has 0 fully saturated rings. The lowest BCUT2D eigenvalue weighted by molar-refractivity contribution is 0.601. The van der Waals surface area contributed by atoms with E-state index in [1.807, 2.05) is 30.5 Å². The fourth-order valence-electron chi connectivity index (χ4n) is 2.23. The molecule has 1 aromatic carbocycles. The Morgan fingerprint density at radius 3 is 2.52 bits per heavy atom. The third-order valence-corrected chi connectivity index (χ3v) is 5.47. The van der Waals surface area contributed by atoms with E-state index in [1.165, 1.54) is 11.1 Å². The van der Waals surface area contributed by atoms with E-state index in [0.29, 0.717) is 17.4 Å². The monoisotopic (exact) mass is 351 g/mol. The van der Waals surface area contributed by atoms with Crippen LogP contribution in [0, 0.1) is 6.92 Å². The maximum Gasteiger partial charge on any atom is 0.191 e. The van der Waals surface area contributed by atoms with E-state index in [1.54, 1.807) is 24.5 Å². The molecule has 2 aromatic rings. The van der Waals surface area contributed by atoms with Crippen LogP contribution >= 0.6 is 11.3 Å². The molecule has 23 heavy (non-hydrogen) atoms. The van der Waals surface area contributed by atoms with Gasteiger partial charge in [-0.2, -0.15) is 0 Å². The van der Waals surface area contributed by atoms with Crippen LogP contribution in [0.15, 0.2) is 45.6 Å². The minimum atomic E-state index is -3.18. The number of thiophene rings is 1. The molecule has 1 heterocycles. The molecule has 5 nitrogen and oxygen atoms in total. The fourth-order valence-corrected chi connectivity index (χ4v) is 3.83.